The molecule has 0 spiro atoms. The number of hydrogen-bond donors (Lipinski definition) is 1. The minimum atomic E-state index is -0.0251. The van der Waals surface area contributed by atoms with E-state index in [1.54, 1.807) is 4.90 Å². The molecule has 2 aromatic rings. The number of benzene rings is 2. The highest BCUT2D eigenvalue weighted by molar-refractivity contribution is 5.85. The van der Waals surface area contributed by atoms with Gasteiger partial charge in [-0.1, -0.05) is 48.0 Å². The number of ether oxygens (including phenoxy) is 1. The number of hydrogen-bond acceptors (Lipinski definition) is 3. The molecule has 0 saturated carbocycles. The standard InChI is InChI=1S/C19H24N2O2.ClH/c1-16-8-10-18(11-9-16)23-15-19(22)21(13-5-12-20)14-17-6-3-2-4-7-17;/h2-4,6-11H,5,12-15,20H2,1H3;1H. The second-order valence-electron chi connectivity index (χ2n) is 5.54. The van der Waals surface area contributed by atoms with Gasteiger partial charge < -0.3 is 15.4 Å². The maximum atomic E-state index is 12.5. The van der Waals surface area contributed by atoms with Crippen LogP contribution in [0.5, 0.6) is 5.75 Å². The van der Waals surface area contributed by atoms with Crippen molar-refractivity contribution in [2.45, 2.75) is 19.9 Å². The molecule has 0 fully saturated rings. The molecule has 24 heavy (non-hydrogen) atoms. The summed E-state index contributed by atoms with van der Waals surface area (Å²) in [6.07, 6.45) is 0.781. The fraction of sp³-hybridized carbons (Fsp3) is 0.316. The molecule has 0 aliphatic carbocycles. The molecule has 2 aromatic carbocycles. The van der Waals surface area contributed by atoms with Crippen LogP contribution in [0, 0.1) is 6.92 Å². The third-order valence-electron chi connectivity index (χ3n) is 3.58. The molecule has 0 unspecified atom stereocenters. The predicted octanol–water partition coefficient (Wildman–Crippen LogP) is 3.17. The summed E-state index contributed by atoms with van der Waals surface area (Å²) < 4.78 is 5.60. The Kier molecular flexibility index (Phi) is 8.90. The van der Waals surface area contributed by atoms with Gasteiger partial charge in [0.05, 0.1) is 0 Å². The molecule has 0 aliphatic heterocycles. The van der Waals surface area contributed by atoms with E-state index in [0.717, 1.165) is 17.5 Å². The van der Waals surface area contributed by atoms with Gasteiger partial charge in [0.2, 0.25) is 0 Å². The lowest BCUT2D eigenvalue weighted by Gasteiger charge is -2.23. The van der Waals surface area contributed by atoms with Crippen LogP contribution < -0.4 is 10.5 Å². The fourth-order valence-electron chi connectivity index (χ4n) is 2.25. The van der Waals surface area contributed by atoms with Gasteiger partial charge in [-0.3, -0.25) is 4.79 Å². The van der Waals surface area contributed by atoms with E-state index in [0.29, 0.717) is 25.4 Å². The number of amides is 1. The Balaban J connectivity index is 0.00000288. The molecule has 0 bridgehead atoms. The summed E-state index contributed by atoms with van der Waals surface area (Å²) in [5.41, 5.74) is 7.85. The van der Waals surface area contributed by atoms with E-state index in [-0.39, 0.29) is 24.9 Å². The summed E-state index contributed by atoms with van der Waals surface area (Å²) in [5, 5.41) is 0. The lowest BCUT2D eigenvalue weighted by atomic mass is 10.2. The summed E-state index contributed by atoms with van der Waals surface area (Å²) in [4.78, 5) is 14.3. The van der Waals surface area contributed by atoms with E-state index in [2.05, 4.69) is 0 Å². The highest BCUT2D eigenvalue weighted by Gasteiger charge is 2.14. The monoisotopic (exact) mass is 348 g/mol. The normalized spacial score (nSPS) is 9.92. The van der Waals surface area contributed by atoms with Crippen LogP contribution in [0.2, 0.25) is 0 Å². The Labute approximate surface area is 150 Å². The Morgan fingerprint density at radius 2 is 1.75 bits per heavy atom. The molecule has 0 atom stereocenters. The number of nitrogens with two attached hydrogens (primary N) is 1. The van der Waals surface area contributed by atoms with Gasteiger partial charge in [-0.2, -0.15) is 0 Å². The van der Waals surface area contributed by atoms with Crippen molar-refractivity contribution in [2.75, 3.05) is 19.7 Å². The van der Waals surface area contributed by atoms with Crippen molar-refractivity contribution < 1.29 is 9.53 Å². The zero-order valence-corrected chi connectivity index (χ0v) is 14.8. The maximum absolute atomic E-state index is 12.5. The molecule has 0 heterocycles. The second kappa shape index (κ2) is 10.7. The second-order valence-corrected chi connectivity index (χ2v) is 5.54. The van der Waals surface area contributed by atoms with Gasteiger partial charge in [0.15, 0.2) is 6.61 Å². The first-order chi connectivity index (χ1) is 11.2. The largest absolute Gasteiger partial charge is 0.484 e. The summed E-state index contributed by atoms with van der Waals surface area (Å²) in [7, 11) is 0. The van der Waals surface area contributed by atoms with E-state index in [9.17, 15) is 4.79 Å². The third kappa shape index (κ3) is 6.60. The summed E-state index contributed by atoms with van der Waals surface area (Å²) in [5.74, 6) is 0.685. The van der Waals surface area contributed by atoms with E-state index in [1.165, 1.54) is 0 Å². The molecule has 0 aliphatic rings. The van der Waals surface area contributed by atoms with Crippen molar-refractivity contribution in [3.8, 4) is 5.75 Å². The van der Waals surface area contributed by atoms with Crippen LogP contribution in [0.1, 0.15) is 17.5 Å². The van der Waals surface area contributed by atoms with Crippen LogP contribution in [0.25, 0.3) is 0 Å². The number of carbonyl (C=O) groups excluding carboxylic acids is 1. The van der Waals surface area contributed by atoms with Crippen LogP contribution in [0.15, 0.2) is 54.6 Å². The number of nitrogens with zero attached hydrogens (tertiary/aromatic N) is 1. The average Bonchev–Trinajstić information content (AvgIpc) is 2.58. The van der Waals surface area contributed by atoms with Crippen LogP contribution in [0.4, 0.5) is 0 Å². The molecular weight excluding hydrogens is 324 g/mol. The summed E-state index contributed by atoms with van der Waals surface area (Å²) in [6, 6.07) is 17.6. The molecule has 2 N–H and O–H groups in total. The van der Waals surface area contributed by atoms with E-state index in [4.69, 9.17) is 10.5 Å². The molecule has 130 valence electrons. The molecule has 0 radical (unpaired) electrons. The average molecular weight is 349 g/mol. The van der Waals surface area contributed by atoms with Gasteiger partial charge in [-0.05, 0) is 37.6 Å². The van der Waals surface area contributed by atoms with Crippen LogP contribution in [-0.2, 0) is 11.3 Å². The number of rotatable bonds is 8. The zero-order valence-electron chi connectivity index (χ0n) is 14.0. The summed E-state index contributed by atoms with van der Waals surface area (Å²) >= 11 is 0. The molecular formula is C19H25ClN2O2. The molecule has 0 aromatic heterocycles. The molecule has 0 saturated heterocycles. The van der Waals surface area contributed by atoms with Crippen LogP contribution in [-0.4, -0.2) is 30.5 Å². The minimum Gasteiger partial charge on any atom is -0.484 e. The minimum absolute atomic E-state index is 0. The van der Waals surface area contributed by atoms with Crippen molar-refractivity contribution >= 4 is 18.3 Å². The Morgan fingerprint density at radius 1 is 1.08 bits per heavy atom. The molecule has 1 amide bonds. The predicted molar refractivity (Wildman–Crippen MR) is 99.5 cm³/mol. The van der Waals surface area contributed by atoms with Crippen molar-refractivity contribution in [3.05, 3.63) is 65.7 Å². The lowest BCUT2D eigenvalue weighted by Crippen LogP contribution is -2.36. The molecule has 5 heteroatoms. The molecule has 4 nitrogen and oxygen atoms in total. The van der Waals surface area contributed by atoms with Gasteiger partial charge in [-0.25, -0.2) is 0 Å². The van der Waals surface area contributed by atoms with Gasteiger partial charge >= 0.3 is 0 Å². The van der Waals surface area contributed by atoms with Crippen molar-refractivity contribution in [1.82, 2.24) is 4.90 Å². The Morgan fingerprint density at radius 3 is 2.38 bits per heavy atom. The van der Waals surface area contributed by atoms with E-state index in [1.807, 2.05) is 61.5 Å². The summed E-state index contributed by atoms with van der Waals surface area (Å²) in [6.45, 7) is 3.85. The highest BCUT2D eigenvalue weighted by atomic mass is 35.5. The van der Waals surface area contributed by atoms with Gasteiger partial charge in [0, 0.05) is 13.1 Å². The molecule has 2 rings (SSSR count). The van der Waals surface area contributed by atoms with Crippen molar-refractivity contribution in [3.63, 3.8) is 0 Å². The SMILES string of the molecule is Cc1ccc(OCC(=O)N(CCCN)Cc2ccccc2)cc1.Cl. The third-order valence-corrected chi connectivity index (χ3v) is 3.58. The quantitative estimate of drug-likeness (QED) is 0.797. The first kappa shape index (κ1) is 20.0. The zero-order chi connectivity index (χ0) is 16.5. The number of aryl methyl sites for hydroxylation is 1. The topological polar surface area (TPSA) is 55.6 Å². The highest BCUT2D eigenvalue weighted by Crippen LogP contribution is 2.12. The van der Waals surface area contributed by atoms with Crippen LogP contribution in [0.3, 0.4) is 0 Å². The first-order valence-corrected chi connectivity index (χ1v) is 7.90. The van der Waals surface area contributed by atoms with Gasteiger partial charge in [0.25, 0.3) is 5.91 Å². The first-order valence-electron chi connectivity index (χ1n) is 7.90. The fourth-order valence-corrected chi connectivity index (χ4v) is 2.25. The number of carbonyl (C=O) groups is 1. The lowest BCUT2D eigenvalue weighted by molar-refractivity contribution is -0.134. The Hall–Kier alpha value is -2.04. The van der Waals surface area contributed by atoms with E-state index < -0.39 is 0 Å². The number of halogens is 1. The van der Waals surface area contributed by atoms with Gasteiger partial charge in [-0.15, -0.1) is 12.4 Å². The van der Waals surface area contributed by atoms with Gasteiger partial charge in [0.1, 0.15) is 5.75 Å². The van der Waals surface area contributed by atoms with Crippen molar-refractivity contribution in [2.24, 2.45) is 5.73 Å². The van der Waals surface area contributed by atoms with E-state index >= 15 is 0 Å². The van der Waals surface area contributed by atoms with Crippen LogP contribution >= 0.6 is 12.4 Å². The maximum Gasteiger partial charge on any atom is 0.260 e. The van der Waals surface area contributed by atoms with Crippen molar-refractivity contribution in [1.29, 1.82) is 0 Å². The smallest absolute Gasteiger partial charge is 0.260 e. The Bertz CT molecular complexity index is 603.